The zero-order chi connectivity index (χ0) is 19.9. The average Bonchev–Trinajstić information content (AvgIpc) is 2.94. The van der Waals surface area contributed by atoms with Gasteiger partial charge in [-0.3, -0.25) is 0 Å². The third-order valence-corrected chi connectivity index (χ3v) is 5.33. The van der Waals surface area contributed by atoms with Crippen LogP contribution in [-0.2, 0) is 10.9 Å². The molecule has 0 saturated heterocycles. The Morgan fingerprint density at radius 2 is 2.04 bits per heavy atom. The molecule has 5 nitrogen and oxygen atoms in total. The Balaban J connectivity index is 2.32. The lowest BCUT2D eigenvalue weighted by molar-refractivity contribution is -0.138. The van der Waals surface area contributed by atoms with Gasteiger partial charge in [0.1, 0.15) is 17.2 Å². The first kappa shape index (κ1) is 18.8. The number of thiophene rings is 1. The van der Waals surface area contributed by atoms with Gasteiger partial charge in [0, 0.05) is 4.88 Å². The van der Waals surface area contributed by atoms with Gasteiger partial charge in [0.25, 0.3) is 0 Å². The Morgan fingerprint density at radius 1 is 1.37 bits per heavy atom. The summed E-state index contributed by atoms with van der Waals surface area (Å²) in [6, 6.07) is 6.80. The number of esters is 1. The van der Waals surface area contributed by atoms with Gasteiger partial charge in [0.15, 0.2) is 5.75 Å². The predicted molar refractivity (Wildman–Crippen MR) is 91.1 cm³/mol. The number of carbonyl (C=O) groups excluding carboxylic acids is 1. The van der Waals surface area contributed by atoms with Crippen LogP contribution < -0.4 is 10.5 Å². The molecular formula is C18H13F3N2O3S. The highest BCUT2D eigenvalue weighted by Gasteiger charge is 2.42. The van der Waals surface area contributed by atoms with Crippen LogP contribution in [0.15, 0.2) is 35.7 Å². The number of aryl methyl sites for hydroxylation is 1. The number of carbonyl (C=O) groups is 1. The maximum Gasteiger partial charge on any atom is 0.416 e. The molecule has 3 rings (SSSR count). The van der Waals surface area contributed by atoms with Crippen LogP contribution in [0.3, 0.4) is 0 Å². The average molecular weight is 394 g/mol. The molecule has 0 radical (unpaired) electrons. The van der Waals surface area contributed by atoms with E-state index >= 15 is 0 Å². The number of halogens is 3. The Bertz CT molecular complexity index is 1000. The molecule has 2 aromatic rings. The largest absolute Gasteiger partial charge is 0.465 e. The summed E-state index contributed by atoms with van der Waals surface area (Å²) in [7, 11) is 1.19. The second-order valence-corrected chi connectivity index (χ2v) is 6.98. The molecule has 9 heteroatoms. The Morgan fingerprint density at radius 3 is 2.63 bits per heavy atom. The second-order valence-electron chi connectivity index (χ2n) is 5.73. The van der Waals surface area contributed by atoms with Gasteiger partial charge in [-0.1, -0.05) is 18.2 Å². The first-order valence-corrected chi connectivity index (χ1v) is 8.47. The number of fused-ring (bicyclic) bond motifs is 1. The van der Waals surface area contributed by atoms with Gasteiger partial charge in [-0.05, 0) is 18.6 Å². The monoisotopic (exact) mass is 394 g/mol. The molecule has 0 amide bonds. The van der Waals surface area contributed by atoms with E-state index in [1.54, 1.807) is 6.92 Å². The van der Waals surface area contributed by atoms with Crippen molar-refractivity contribution in [2.75, 3.05) is 7.11 Å². The van der Waals surface area contributed by atoms with Crippen molar-refractivity contribution in [1.29, 1.82) is 5.26 Å². The van der Waals surface area contributed by atoms with Crippen molar-refractivity contribution in [1.82, 2.24) is 0 Å². The highest BCUT2D eigenvalue weighted by Crippen LogP contribution is 2.51. The van der Waals surface area contributed by atoms with Gasteiger partial charge in [-0.15, -0.1) is 11.3 Å². The third kappa shape index (κ3) is 3.02. The highest BCUT2D eigenvalue weighted by molar-refractivity contribution is 7.12. The molecule has 1 aliphatic rings. The van der Waals surface area contributed by atoms with Crippen molar-refractivity contribution in [3.63, 3.8) is 0 Å². The molecule has 27 heavy (non-hydrogen) atoms. The molecule has 2 N–H and O–H groups in total. The number of nitrogens with two attached hydrogens (primary N) is 1. The number of allylic oxidation sites excluding steroid dienone is 1. The summed E-state index contributed by atoms with van der Waals surface area (Å²) in [6.45, 7) is 1.62. The fraction of sp³-hybridized carbons (Fsp3) is 0.222. The molecule has 2 heterocycles. The van der Waals surface area contributed by atoms with Crippen molar-refractivity contribution in [3.05, 3.63) is 62.2 Å². The van der Waals surface area contributed by atoms with Crippen LogP contribution in [0.1, 0.15) is 37.2 Å². The van der Waals surface area contributed by atoms with E-state index in [0.29, 0.717) is 9.75 Å². The van der Waals surface area contributed by atoms with Crippen LogP contribution in [0, 0.1) is 18.3 Å². The zero-order valence-electron chi connectivity index (χ0n) is 14.2. The summed E-state index contributed by atoms with van der Waals surface area (Å²) in [6.07, 6.45) is -4.62. The number of hydrogen-bond acceptors (Lipinski definition) is 6. The fourth-order valence-electron chi connectivity index (χ4n) is 3.04. The lowest BCUT2D eigenvalue weighted by Crippen LogP contribution is -2.23. The van der Waals surface area contributed by atoms with Crippen LogP contribution in [0.5, 0.6) is 5.75 Å². The van der Waals surface area contributed by atoms with E-state index < -0.39 is 23.6 Å². The first-order chi connectivity index (χ1) is 12.7. The minimum atomic E-state index is -4.62. The van der Waals surface area contributed by atoms with E-state index in [0.717, 1.165) is 17.4 Å². The summed E-state index contributed by atoms with van der Waals surface area (Å²) in [4.78, 5) is 12.9. The number of ether oxygens (including phenoxy) is 2. The predicted octanol–water partition coefficient (Wildman–Crippen LogP) is 4.08. The molecule has 0 aliphatic carbocycles. The number of nitriles is 1. The van der Waals surface area contributed by atoms with Gasteiger partial charge in [0.2, 0.25) is 5.88 Å². The third-order valence-electron chi connectivity index (χ3n) is 4.18. The molecule has 0 unspecified atom stereocenters. The molecule has 0 bridgehead atoms. The first-order valence-electron chi connectivity index (χ1n) is 7.66. The van der Waals surface area contributed by atoms with Crippen molar-refractivity contribution in [2.24, 2.45) is 5.73 Å². The molecule has 1 aromatic carbocycles. The number of rotatable bonds is 2. The van der Waals surface area contributed by atoms with E-state index in [1.165, 1.54) is 25.3 Å². The van der Waals surface area contributed by atoms with Crippen LogP contribution in [0.2, 0.25) is 0 Å². The minimum absolute atomic E-state index is 0.0304. The summed E-state index contributed by atoms with van der Waals surface area (Å²) in [5.41, 5.74) is 4.75. The minimum Gasteiger partial charge on any atom is -0.465 e. The lowest BCUT2D eigenvalue weighted by Gasteiger charge is -2.26. The van der Waals surface area contributed by atoms with E-state index in [2.05, 4.69) is 0 Å². The van der Waals surface area contributed by atoms with Crippen molar-refractivity contribution < 1.29 is 27.4 Å². The van der Waals surface area contributed by atoms with Crippen LogP contribution in [0.4, 0.5) is 13.2 Å². The molecular weight excluding hydrogens is 381 g/mol. The summed E-state index contributed by atoms with van der Waals surface area (Å²) >= 11 is 1.07. The Hall–Kier alpha value is -2.99. The van der Waals surface area contributed by atoms with Gasteiger partial charge >= 0.3 is 12.1 Å². The van der Waals surface area contributed by atoms with Crippen molar-refractivity contribution in [2.45, 2.75) is 19.0 Å². The Kier molecular flexibility index (Phi) is 4.61. The van der Waals surface area contributed by atoms with Gasteiger partial charge in [-0.25, -0.2) is 4.79 Å². The summed E-state index contributed by atoms with van der Waals surface area (Å²) < 4.78 is 50.8. The normalized spacial score (nSPS) is 16.4. The van der Waals surface area contributed by atoms with Crippen molar-refractivity contribution >= 4 is 17.3 Å². The Labute approximate surface area is 156 Å². The molecule has 1 atom stereocenters. The number of alkyl halides is 3. The smallest absolute Gasteiger partial charge is 0.416 e. The van der Waals surface area contributed by atoms with Gasteiger partial charge in [-0.2, -0.15) is 18.4 Å². The quantitative estimate of drug-likeness (QED) is 0.776. The topological polar surface area (TPSA) is 85.3 Å². The fourth-order valence-corrected chi connectivity index (χ4v) is 4.24. The molecule has 1 aromatic heterocycles. The van der Waals surface area contributed by atoms with Crippen molar-refractivity contribution in [3.8, 4) is 11.8 Å². The van der Waals surface area contributed by atoms with E-state index in [4.69, 9.17) is 15.2 Å². The standard InChI is InChI=1S/C18H13F3N2O3S/c1-8-12(17(24)25-2)14-15(27-8)13(10(7-22)16(23)26-14)9-5-3-4-6-11(9)18(19,20)21/h3-6,13H,23H2,1-2H3/t13-/m1/s1. The number of methoxy groups -OCH3 is 1. The highest BCUT2D eigenvalue weighted by atomic mass is 32.1. The zero-order valence-corrected chi connectivity index (χ0v) is 15.0. The lowest BCUT2D eigenvalue weighted by atomic mass is 9.85. The van der Waals surface area contributed by atoms with Gasteiger partial charge < -0.3 is 15.2 Å². The van der Waals surface area contributed by atoms with Gasteiger partial charge in [0.05, 0.1) is 23.5 Å². The number of nitrogens with zero attached hydrogens (tertiary/aromatic N) is 1. The second kappa shape index (κ2) is 6.63. The van der Waals surface area contributed by atoms with Crippen LogP contribution in [-0.4, -0.2) is 13.1 Å². The molecule has 0 saturated carbocycles. The molecule has 140 valence electrons. The number of benzene rings is 1. The van der Waals surface area contributed by atoms with E-state index in [-0.39, 0.29) is 28.3 Å². The van der Waals surface area contributed by atoms with E-state index in [1.807, 2.05) is 6.07 Å². The molecule has 1 aliphatic heterocycles. The summed E-state index contributed by atoms with van der Waals surface area (Å²) in [5.74, 6) is -2.10. The SMILES string of the molecule is COC(=O)c1c(C)sc2c1OC(N)=C(C#N)[C@H]2c1ccccc1C(F)(F)F. The van der Waals surface area contributed by atoms with Crippen LogP contribution in [0.25, 0.3) is 0 Å². The maximum atomic E-state index is 13.5. The maximum absolute atomic E-state index is 13.5. The van der Waals surface area contributed by atoms with Crippen LogP contribution >= 0.6 is 11.3 Å². The summed E-state index contributed by atoms with van der Waals surface area (Å²) in [5, 5.41) is 9.51. The number of hydrogen-bond donors (Lipinski definition) is 1. The molecule has 0 spiro atoms. The van der Waals surface area contributed by atoms with E-state index in [9.17, 15) is 23.2 Å². The molecule has 0 fully saturated rings.